The molecule has 0 aliphatic carbocycles. The molecule has 13 heavy (non-hydrogen) atoms. The molecule has 1 aliphatic rings. The molecule has 1 saturated heterocycles. The Balaban J connectivity index is 2.45. The number of aliphatic hydroxyl groups is 1. The third-order valence-electron chi connectivity index (χ3n) is 1.79. The molecule has 0 radical (unpaired) electrons. The first-order valence-electron chi connectivity index (χ1n) is 4.10. The predicted octanol–water partition coefficient (Wildman–Crippen LogP) is 0.843. The van der Waals surface area contributed by atoms with E-state index >= 15 is 0 Å². The van der Waals surface area contributed by atoms with Crippen molar-refractivity contribution in [3.8, 4) is 0 Å². The summed E-state index contributed by atoms with van der Waals surface area (Å²) < 4.78 is 0. The summed E-state index contributed by atoms with van der Waals surface area (Å²) in [6, 6.07) is 0. The van der Waals surface area contributed by atoms with Crippen molar-refractivity contribution in [3.05, 3.63) is 0 Å². The van der Waals surface area contributed by atoms with Gasteiger partial charge in [-0.2, -0.15) is 0 Å². The second kappa shape index (κ2) is 3.67. The van der Waals surface area contributed by atoms with E-state index < -0.39 is 5.60 Å². The number of carbonyl (C=O) groups excluding carboxylic acids is 2. The lowest BCUT2D eigenvalue weighted by Crippen LogP contribution is -2.34. The lowest BCUT2D eigenvalue weighted by atomic mass is 10.1. The van der Waals surface area contributed by atoms with Crippen LogP contribution in [-0.2, 0) is 4.79 Å². The highest BCUT2D eigenvalue weighted by atomic mass is 32.2. The average Bonchev–Trinajstić information content (AvgIpc) is 2.27. The van der Waals surface area contributed by atoms with E-state index in [0.717, 1.165) is 11.8 Å². The van der Waals surface area contributed by atoms with Crippen molar-refractivity contribution in [2.75, 3.05) is 12.3 Å². The fourth-order valence-electron chi connectivity index (χ4n) is 0.983. The number of amides is 2. The summed E-state index contributed by atoms with van der Waals surface area (Å²) in [6.45, 7) is 3.63. The third kappa shape index (κ3) is 3.00. The topological polar surface area (TPSA) is 57.6 Å². The van der Waals surface area contributed by atoms with Crippen molar-refractivity contribution in [2.45, 2.75) is 25.9 Å². The van der Waals surface area contributed by atoms with Gasteiger partial charge in [-0.25, -0.2) is 0 Å². The predicted molar refractivity (Wildman–Crippen MR) is 50.5 cm³/mol. The maximum Gasteiger partial charge on any atom is 0.288 e. The Morgan fingerprint density at radius 2 is 2.15 bits per heavy atom. The molecule has 0 saturated carbocycles. The van der Waals surface area contributed by atoms with Crippen LogP contribution in [-0.4, -0.2) is 39.1 Å². The normalized spacial score (nSPS) is 18.5. The summed E-state index contributed by atoms with van der Waals surface area (Å²) in [6.07, 6.45) is 0.422. The van der Waals surface area contributed by atoms with Crippen LogP contribution in [0.4, 0.5) is 4.79 Å². The van der Waals surface area contributed by atoms with E-state index in [9.17, 15) is 14.7 Å². The van der Waals surface area contributed by atoms with E-state index in [1.807, 2.05) is 0 Å². The molecule has 0 aromatic rings. The molecule has 0 unspecified atom stereocenters. The summed E-state index contributed by atoms with van der Waals surface area (Å²) in [7, 11) is 0. The Kier molecular flexibility index (Phi) is 2.98. The SMILES string of the molecule is CC(C)(O)CCN1C(=O)CSC1=O. The van der Waals surface area contributed by atoms with Crippen molar-refractivity contribution in [1.29, 1.82) is 0 Å². The largest absolute Gasteiger partial charge is 0.390 e. The van der Waals surface area contributed by atoms with Crippen molar-refractivity contribution in [2.24, 2.45) is 0 Å². The van der Waals surface area contributed by atoms with Crippen LogP contribution in [0, 0.1) is 0 Å². The summed E-state index contributed by atoms with van der Waals surface area (Å²) in [5, 5.41) is 9.19. The van der Waals surface area contributed by atoms with Gasteiger partial charge in [0.2, 0.25) is 5.91 Å². The molecule has 1 aliphatic heterocycles. The fourth-order valence-corrected chi connectivity index (χ4v) is 1.73. The highest BCUT2D eigenvalue weighted by molar-refractivity contribution is 8.14. The molecule has 1 rings (SSSR count). The molecule has 1 fully saturated rings. The first-order valence-corrected chi connectivity index (χ1v) is 5.08. The van der Waals surface area contributed by atoms with Crippen LogP contribution in [0.1, 0.15) is 20.3 Å². The van der Waals surface area contributed by atoms with Crippen LogP contribution in [0.2, 0.25) is 0 Å². The van der Waals surface area contributed by atoms with Crippen LogP contribution in [0.3, 0.4) is 0 Å². The van der Waals surface area contributed by atoms with Crippen LogP contribution in [0.25, 0.3) is 0 Å². The van der Waals surface area contributed by atoms with Crippen molar-refractivity contribution in [3.63, 3.8) is 0 Å². The van der Waals surface area contributed by atoms with Crippen LogP contribution in [0.5, 0.6) is 0 Å². The molecule has 0 aromatic heterocycles. The maximum absolute atomic E-state index is 11.1. The molecular weight excluding hydrogens is 190 g/mol. The highest BCUT2D eigenvalue weighted by Gasteiger charge is 2.30. The minimum Gasteiger partial charge on any atom is -0.390 e. The van der Waals surface area contributed by atoms with Gasteiger partial charge in [-0.05, 0) is 20.3 Å². The van der Waals surface area contributed by atoms with Crippen molar-refractivity contribution in [1.82, 2.24) is 4.90 Å². The molecule has 0 bridgehead atoms. The number of thioether (sulfide) groups is 1. The number of hydrogen-bond donors (Lipinski definition) is 1. The van der Waals surface area contributed by atoms with Gasteiger partial charge in [-0.15, -0.1) is 0 Å². The zero-order valence-corrected chi connectivity index (χ0v) is 8.56. The van der Waals surface area contributed by atoms with Gasteiger partial charge in [0.15, 0.2) is 0 Å². The molecule has 5 heteroatoms. The quantitative estimate of drug-likeness (QED) is 0.738. The molecule has 0 aromatic carbocycles. The van der Waals surface area contributed by atoms with E-state index in [1.54, 1.807) is 13.8 Å². The lowest BCUT2D eigenvalue weighted by Gasteiger charge is -2.20. The van der Waals surface area contributed by atoms with E-state index in [2.05, 4.69) is 0 Å². The number of rotatable bonds is 3. The van der Waals surface area contributed by atoms with Crippen LogP contribution < -0.4 is 0 Å². The second-order valence-electron chi connectivity index (χ2n) is 3.66. The monoisotopic (exact) mass is 203 g/mol. The smallest absolute Gasteiger partial charge is 0.288 e. The summed E-state index contributed by atoms with van der Waals surface area (Å²) in [5.41, 5.74) is -0.826. The minimum absolute atomic E-state index is 0.153. The van der Waals surface area contributed by atoms with Crippen molar-refractivity contribution < 1.29 is 14.7 Å². The Morgan fingerprint density at radius 3 is 2.54 bits per heavy atom. The van der Waals surface area contributed by atoms with E-state index in [4.69, 9.17) is 0 Å². The Labute approximate surface area is 81.3 Å². The van der Waals surface area contributed by atoms with Gasteiger partial charge in [0, 0.05) is 6.54 Å². The minimum atomic E-state index is -0.826. The Hall–Kier alpha value is -0.550. The first-order chi connectivity index (χ1) is 5.90. The summed E-state index contributed by atoms with van der Waals surface area (Å²) in [5.74, 6) is 0.0873. The van der Waals surface area contributed by atoms with Gasteiger partial charge in [0.1, 0.15) is 0 Å². The molecular formula is C8H13NO3S. The van der Waals surface area contributed by atoms with Gasteiger partial charge in [-0.1, -0.05) is 11.8 Å². The zero-order valence-electron chi connectivity index (χ0n) is 7.74. The number of hydrogen-bond acceptors (Lipinski definition) is 4. The Morgan fingerprint density at radius 1 is 1.54 bits per heavy atom. The fraction of sp³-hybridized carbons (Fsp3) is 0.750. The molecule has 1 heterocycles. The summed E-state index contributed by atoms with van der Waals surface area (Å²) in [4.78, 5) is 23.4. The standard InChI is InChI=1S/C8H13NO3S/c1-8(2,12)3-4-9-6(10)5-13-7(9)11/h12H,3-5H2,1-2H3. The zero-order chi connectivity index (χ0) is 10.1. The maximum atomic E-state index is 11.1. The molecule has 1 N–H and O–H groups in total. The van der Waals surface area contributed by atoms with Crippen LogP contribution >= 0.6 is 11.8 Å². The van der Waals surface area contributed by atoms with Crippen LogP contribution in [0.15, 0.2) is 0 Å². The van der Waals surface area contributed by atoms with E-state index in [1.165, 1.54) is 4.90 Å². The molecule has 74 valence electrons. The van der Waals surface area contributed by atoms with Gasteiger partial charge in [0.25, 0.3) is 5.24 Å². The van der Waals surface area contributed by atoms with Gasteiger partial charge in [-0.3, -0.25) is 14.5 Å². The molecule has 4 nitrogen and oxygen atoms in total. The Bertz CT molecular complexity index is 218. The third-order valence-corrected chi connectivity index (χ3v) is 2.65. The molecule has 0 spiro atoms. The van der Waals surface area contributed by atoms with Gasteiger partial charge >= 0.3 is 0 Å². The number of imide groups is 1. The molecule has 0 atom stereocenters. The van der Waals surface area contributed by atoms with Crippen molar-refractivity contribution >= 4 is 22.9 Å². The second-order valence-corrected chi connectivity index (χ2v) is 4.59. The highest BCUT2D eigenvalue weighted by Crippen LogP contribution is 2.20. The van der Waals surface area contributed by atoms with Gasteiger partial charge < -0.3 is 5.11 Å². The number of carbonyl (C=O) groups is 2. The van der Waals surface area contributed by atoms with Gasteiger partial charge in [0.05, 0.1) is 11.4 Å². The average molecular weight is 203 g/mol. The first kappa shape index (κ1) is 10.5. The van der Waals surface area contributed by atoms with E-state index in [0.29, 0.717) is 13.0 Å². The lowest BCUT2D eigenvalue weighted by molar-refractivity contribution is -0.124. The van der Waals surface area contributed by atoms with E-state index in [-0.39, 0.29) is 16.9 Å². The molecule has 2 amide bonds. The number of nitrogens with zero attached hydrogens (tertiary/aromatic N) is 1. The summed E-state index contributed by atoms with van der Waals surface area (Å²) >= 11 is 1.02.